The summed E-state index contributed by atoms with van der Waals surface area (Å²) in [6.45, 7) is 2.07. The van der Waals surface area contributed by atoms with Gasteiger partial charge in [-0.15, -0.1) is 0 Å². The Bertz CT molecular complexity index is 489. The van der Waals surface area contributed by atoms with Crippen LogP contribution in [0, 0.1) is 5.92 Å². The van der Waals surface area contributed by atoms with E-state index in [0.717, 1.165) is 24.5 Å². The predicted molar refractivity (Wildman–Crippen MR) is 79.8 cm³/mol. The molecule has 2 rings (SSSR count). The zero-order valence-electron chi connectivity index (χ0n) is 12.9. The number of ether oxygens (including phenoxy) is 3. The van der Waals surface area contributed by atoms with E-state index in [1.807, 2.05) is 23.1 Å². The predicted octanol–water partition coefficient (Wildman–Crippen LogP) is 1.74. The summed E-state index contributed by atoms with van der Waals surface area (Å²) in [6.07, 6.45) is 1.48. The van der Waals surface area contributed by atoms with Crippen LogP contribution in [0.1, 0.15) is 12.0 Å². The smallest absolute Gasteiger partial charge is 0.223 e. The molecule has 5 nitrogen and oxygen atoms in total. The minimum absolute atomic E-state index is 0.220. The molecule has 1 saturated heterocycles. The van der Waals surface area contributed by atoms with E-state index in [1.54, 1.807) is 21.3 Å². The number of benzene rings is 1. The zero-order valence-corrected chi connectivity index (χ0v) is 12.9. The maximum absolute atomic E-state index is 11.9. The lowest BCUT2D eigenvalue weighted by molar-refractivity contribution is -0.128. The van der Waals surface area contributed by atoms with Gasteiger partial charge in [-0.25, -0.2) is 0 Å². The van der Waals surface area contributed by atoms with Crippen molar-refractivity contribution in [3.05, 3.63) is 23.8 Å². The van der Waals surface area contributed by atoms with E-state index in [9.17, 15) is 4.79 Å². The Hall–Kier alpha value is -1.75. The van der Waals surface area contributed by atoms with Gasteiger partial charge >= 0.3 is 0 Å². The highest BCUT2D eigenvalue weighted by atomic mass is 16.5. The van der Waals surface area contributed by atoms with E-state index in [4.69, 9.17) is 14.2 Å². The van der Waals surface area contributed by atoms with E-state index < -0.39 is 0 Å². The van der Waals surface area contributed by atoms with Crippen LogP contribution in [0.4, 0.5) is 0 Å². The number of hydrogen-bond acceptors (Lipinski definition) is 4. The van der Waals surface area contributed by atoms with Crippen LogP contribution in [0.5, 0.6) is 11.5 Å². The Morgan fingerprint density at radius 3 is 2.62 bits per heavy atom. The van der Waals surface area contributed by atoms with E-state index in [0.29, 0.717) is 25.5 Å². The molecular weight excluding hydrogens is 270 g/mol. The molecule has 1 amide bonds. The second-order valence-corrected chi connectivity index (χ2v) is 5.30. The second-order valence-electron chi connectivity index (χ2n) is 5.30. The van der Waals surface area contributed by atoms with E-state index >= 15 is 0 Å². The lowest BCUT2D eigenvalue weighted by Crippen LogP contribution is -2.28. The van der Waals surface area contributed by atoms with E-state index in [-0.39, 0.29) is 5.91 Å². The molecule has 0 radical (unpaired) electrons. The van der Waals surface area contributed by atoms with Crippen LogP contribution in [0.2, 0.25) is 0 Å². The lowest BCUT2D eigenvalue weighted by Gasteiger charge is -2.16. The fourth-order valence-electron chi connectivity index (χ4n) is 2.75. The molecule has 1 aliphatic rings. The van der Waals surface area contributed by atoms with Gasteiger partial charge in [-0.2, -0.15) is 0 Å². The number of hydrogen-bond donors (Lipinski definition) is 0. The fraction of sp³-hybridized carbons (Fsp3) is 0.562. The van der Waals surface area contributed by atoms with Crippen molar-refractivity contribution in [3.8, 4) is 11.5 Å². The summed E-state index contributed by atoms with van der Waals surface area (Å²) in [7, 11) is 4.91. The topological polar surface area (TPSA) is 48.0 Å². The average Bonchev–Trinajstić information content (AvgIpc) is 2.84. The average molecular weight is 293 g/mol. The molecule has 1 atom stereocenters. The summed E-state index contributed by atoms with van der Waals surface area (Å²) >= 11 is 0. The summed E-state index contributed by atoms with van der Waals surface area (Å²) in [5, 5.41) is 0. The maximum Gasteiger partial charge on any atom is 0.223 e. The van der Waals surface area contributed by atoms with Gasteiger partial charge in [0.05, 0.1) is 20.8 Å². The minimum atomic E-state index is 0.220. The zero-order chi connectivity index (χ0) is 15.2. The van der Waals surface area contributed by atoms with Gasteiger partial charge in [-0.05, 0) is 30.0 Å². The maximum atomic E-state index is 11.9. The third kappa shape index (κ3) is 3.88. The van der Waals surface area contributed by atoms with Crippen LogP contribution in [-0.2, 0) is 16.0 Å². The molecule has 0 aliphatic carbocycles. The molecule has 0 N–H and O–H groups in total. The molecule has 1 heterocycles. The van der Waals surface area contributed by atoms with Crippen LogP contribution in [-0.4, -0.2) is 51.8 Å². The third-order valence-electron chi connectivity index (χ3n) is 3.83. The number of nitrogens with zero attached hydrogens (tertiary/aromatic N) is 1. The number of rotatable bonds is 7. The highest BCUT2D eigenvalue weighted by molar-refractivity contribution is 5.78. The third-order valence-corrected chi connectivity index (χ3v) is 3.83. The summed E-state index contributed by atoms with van der Waals surface area (Å²) < 4.78 is 15.6. The van der Waals surface area contributed by atoms with E-state index in [2.05, 4.69) is 0 Å². The Balaban J connectivity index is 1.98. The summed E-state index contributed by atoms with van der Waals surface area (Å²) in [4.78, 5) is 13.8. The van der Waals surface area contributed by atoms with Gasteiger partial charge in [0.25, 0.3) is 0 Å². The van der Waals surface area contributed by atoms with Gasteiger partial charge in [0.1, 0.15) is 0 Å². The van der Waals surface area contributed by atoms with Crippen molar-refractivity contribution in [2.75, 3.05) is 41.0 Å². The number of carbonyl (C=O) groups is 1. The quantitative estimate of drug-likeness (QED) is 0.768. The van der Waals surface area contributed by atoms with Gasteiger partial charge in [0.2, 0.25) is 5.91 Å². The van der Waals surface area contributed by atoms with Crippen LogP contribution in [0.15, 0.2) is 18.2 Å². The lowest BCUT2D eigenvalue weighted by atomic mass is 9.98. The molecule has 1 aromatic carbocycles. The monoisotopic (exact) mass is 293 g/mol. The molecule has 0 saturated carbocycles. The molecule has 0 aromatic heterocycles. The molecule has 1 aliphatic heterocycles. The second kappa shape index (κ2) is 7.31. The molecule has 1 fully saturated rings. The van der Waals surface area contributed by atoms with Gasteiger partial charge in [-0.3, -0.25) is 4.79 Å². The van der Waals surface area contributed by atoms with Gasteiger partial charge in [0, 0.05) is 26.6 Å². The normalized spacial score (nSPS) is 18.1. The van der Waals surface area contributed by atoms with Crippen molar-refractivity contribution in [3.63, 3.8) is 0 Å². The van der Waals surface area contributed by atoms with Crippen molar-refractivity contribution in [1.29, 1.82) is 0 Å². The van der Waals surface area contributed by atoms with Crippen molar-refractivity contribution < 1.29 is 19.0 Å². The summed E-state index contributed by atoms with van der Waals surface area (Å²) in [5.74, 6) is 2.03. The van der Waals surface area contributed by atoms with Crippen molar-refractivity contribution in [2.24, 2.45) is 5.92 Å². The molecule has 1 aromatic rings. The van der Waals surface area contributed by atoms with Crippen LogP contribution >= 0.6 is 0 Å². The van der Waals surface area contributed by atoms with E-state index in [1.165, 1.54) is 5.56 Å². The van der Waals surface area contributed by atoms with Crippen molar-refractivity contribution in [2.45, 2.75) is 12.8 Å². The highest BCUT2D eigenvalue weighted by Gasteiger charge is 2.29. The summed E-state index contributed by atoms with van der Waals surface area (Å²) in [5.41, 5.74) is 1.17. The standard InChI is InChI=1S/C16H23NO4/c1-19-7-6-17-11-13(10-16(17)18)8-12-4-5-14(20-2)15(9-12)21-3/h4-5,9,13H,6-8,10-11H2,1-3H3/t13-/m0/s1. The van der Waals surface area contributed by atoms with Crippen LogP contribution in [0.25, 0.3) is 0 Å². The molecule has 5 heteroatoms. The first-order valence-electron chi connectivity index (χ1n) is 7.15. The SMILES string of the molecule is COCCN1C[C@@H](Cc2ccc(OC)c(OC)c2)CC1=O. The minimum Gasteiger partial charge on any atom is -0.493 e. The Labute approximate surface area is 125 Å². The summed E-state index contributed by atoms with van der Waals surface area (Å²) in [6, 6.07) is 5.93. The Morgan fingerprint density at radius 2 is 1.95 bits per heavy atom. The number of likely N-dealkylation sites (tertiary alicyclic amines) is 1. The molecular formula is C16H23NO4. The van der Waals surface area contributed by atoms with Crippen LogP contribution < -0.4 is 9.47 Å². The largest absolute Gasteiger partial charge is 0.493 e. The molecule has 0 bridgehead atoms. The molecule has 0 spiro atoms. The number of carbonyl (C=O) groups excluding carboxylic acids is 1. The van der Waals surface area contributed by atoms with Gasteiger partial charge in [-0.1, -0.05) is 6.07 Å². The van der Waals surface area contributed by atoms with Gasteiger partial charge in [0.15, 0.2) is 11.5 Å². The Morgan fingerprint density at radius 1 is 1.19 bits per heavy atom. The first-order chi connectivity index (χ1) is 10.2. The first kappa shape index (κ1) is 15.6. The Kier molecular flexibility index (Phi) is 5.44. The fourth-order valence-corrected chi connectivity index (χ4v) is 2.75. The highest BCUT2D eigenvalue weighted by Crippen LogP contribution is 2.30. The van der Waals surface area contributed by atoms with Crippen LogP contribution in [0.3, 0.4) is 0 Å². The van der Waals surface area contributed by atoms with Crippen molar-refractivity contribution >= 4 is 5.91 Å². The molecule has 0 unspecified atom stereocenters. The first-order valence-corrected chi connectivity index (χ1v) is 7.15. The number of amides is 1. The molecule has 116 valence electrons. The van der Waals surface area contributed by atoms with Gasteiger partial charge < -0.3 is 19.1 Å². The van der Waals surface area contributed by atoms with Crippen molar-refractivity contribution in [1.82, 2.24) is 4.90 Å². The number of methoxy groups -OCH3 is 3. The molecule has 21 heavy (non-hydrogen) atoms.